The van der Waals surface area contributed by atoms with E-state index in [1.165, 1.54) is 6.92 Å². The molecule has 0 saturated heterocycles. The molecule has 0 fully saturated rings. The molecule has 0 aromatic heterocycles. The highest BCUT2D eigenvalue weighted by atomic mass is 16.2. The number of hydrogen-bond acceptors (Lipinski definition) is 3. The van der Waals surface area contributed by atoms with Gasteiger partial charge in [-0.3, -0.25) is 9.59 Å². The molecule has 1 unspecified atom stereocenters. The first-order valence-corrected chi connectivity index (χ1v) is 6.15. The molecule has 18 heavy (non-hydrogen) atoms. The van der Waals surface area contributed by atoms with Crippen LogP contribution in [-0.2, 0) is 4.79 Å². The van der Waals surface area contributed by atoms with E-state index in [1.807, 2.05) is 14.0 Å². The number of amides is 1. The number of nitrogens with one attached hydrogen (secondary N) is 2. The Bertz CT molecular complexity index is 412. The predicted octanol–water partition coefficient (Wildman–Crippen LogP) is 2.07. The number of carbonyl (C=O) groups excluding carboxylic acids is 2. The zero-order valence-electron chi connectivity index (χ0n) is 11.1. The first kappa shape index (κ1) is 14.4. The number of rotatable bonds is 6. The van der Waals surface area contributed by atoms with Crippen molar-refractivity contribution in [3.05, 3.63) is 29.8 Å². The molecule has 0 aliphatic heterocycles. The fourth-order valence-corrected chi connectivity index (χ4v) is 1.70. The largest absolute Gasteiger partial charge is 0.326 e. The molecular formula is C14H20N2O2. The van der Waals surface area contributed by atoms with Gasteiger partial charge in [0, 0.05) is 17.8 Å². The lowest BCUT2D eigenvalue weighted by Gasteiger charge is -2.14. The summed E-state index contributed by atoms with van der Waals surface area (Å²) in [6.45, 7) is 4.17. The van der Waals surface area contributed by atoms with Crippen molar-refractivity contribution in [1.29, 1.82) is 0 Å². The van der Waals surface area contributed by atoms with Gasteiger partial charge in [-0.1, -0.05) is 6.92 Å². The molecule has 0 aliphatic rings. The lowest BCUT2D eigenvalue weighted by Crippen LogP contribution is -2.30. The maximum absolute atomic E-state index is 11.9. The number of ketones is 1. The minimum Gasteiger partial charge on any atom is -0.326 e. The average molecular weight is 248 g/mol. The lowest BCUT2D eigenvalue weighted by atomic mass is 10.1. The summed E-state index contributed by atoms with van der Waals surface area (Å²) in [5.74, 6) is -0.0144. The van der Waals surface area contributed by atoms with E-state index < -0.39 is 0 Å². The van der Waals surface area contributed by atoms with Crippen LogP contribution in [0, 0.1) is 5.92 Å². The SMILES string of the molecule is CCC(CNC)C(=O)Nc1ccc(C(C)=O)cc1. The smallest absolute Gasteiger partial charge is 0.228 e. The van der Waals surface area contributed by atoms with Crippen LogP contribution in [-0.4, -0.2) is 25.3 Å². The minimum atomic E-state index is -0.0394. The maximum atomic E-state index is 11.9. The van der Waals surface area contributed by atoms with E-state index in [1.54, 1.807) is 24.3 Å². The van der Waals surface area contributed by atoms with E-state index in [4.69, 9.17) is 0 Å². The van der Waals surface area contributed by atoms with Gasteiger partial charge in [0.25, 0.3) is 0 Å². The zero-order valence-corrected chi connectivity index (χ0v) is 11.1. The van der Waals surface area contributed by atoms with Crippen molar-refractivity contribution in [2.75, 3.05) is 18.9 Å². The van der Waals surface area contributed by atoms with Crippen molar-refractivity contribution in [3.63, 3.8) is 0 Å². The fraction of sp³-hybridized carbons (Fsp3) is 0.429. The third-order valence-corrected chi connectivity index (χ3v) is 2.87. The van der Waals surface area contributed by atoms with Crippen molar-refractivity contribution in [2.24, 2.45) is 5.92 Å². The standard InChI is InChI=1S/C14H20N2O2/c1-4-11(9-15-3)14(18)16-13-7-5-12(6-8-13)10(2)17/h5-8,11,15H,4,9H2,1-3H3,(H,16,18). The molecule has 98 valence electrons. The van der Waals surface area contributed by atoms with E-state index in [-0.39, 0.29) is 17.6 Å². The van der Waals surface area contributed by atoms with Gasteiger partial charge < -0.3 is 10.6 Å². The highest BCUT2D eigenvalue weighted by Gasteiger charge is 2.15. The van der Waals surface area contributed by atoms with Crippen LogP contribution in [0.15, 0.2) is 24.3 Å². The highest BCUT2D eigenvalue weighted by Crippen LogP contribution is 2.12. The average Bonchev–Trinajstić information content (AvgIpc) is 2.36. The summed E-state index contributed by atoms with van der Waals surface area (Å²) in [4.78, 5) is 23.1. The maximum Gasteiger partial charge on any atom is 0.228 e. The first-order chi connectivity index (χ1) is 8.58. The molecule has 4 nitrogen and oxygen atoms in total. The van der Waals surface area contributed by atoms with Crippen LogP contribution in [0.4, 0.5) is 5.69 Å². The van der Waals surface area contributed by atoms with Gasteiger partial charge in [-0.25, -0.2) is 0 Å². The summed E-state index contributed by atoms with van der Waals surface area (Å²) in [5.41, 5.74) is 1.37. The van der Waals surface area contributed by atoms with E-state index in [2.05, 4.69) is 10.6 Å². The van der Waals surface area contributed by atoms with Crippen molar-refractivity contribution in [2.45, 2.75) is 20.3 Å². The first-order valence-electron chi connectivity index (χ1n) is 6.15. The van der Waals surface area contributed by atoms with Gasteiger partial charge in [0.2, 0.25) is 5.91 Å². The normalized spacial score (nSPS) is 11.9. The number of anilines is 1. The summed E-state index contributed by atoms with van der Waals surface area (Å²) in [6.07, 6.45) is 0.790. The van der Waals surface area contributed by atoms with Gasteiger partial charge in [-0.05, 0) is 44.7 Å². The Labute approximate surface area is 108 Å². The number of hydrogen-bond donors (Lipinski definition) is 2. The Morgan fingerprint density at radius 3 is 2.28 bits per heavy atom. The lowest BCUT2D eigenvalue weighted by molar-refractivity contribution is -0.119. The second-order valence-electron chi connectivity index (χ2n) is 4.29. The summed E-state index contributed by atoms with van der Waals surface area (Å²) < 4.78 is 0. The third kappa shape index (κ3) is 3.96. The molecule has 4 heteroatoms. The van der Waals surface area contributed by atoms with E-state index in [0.717, 1.165) is 12.1 Å². The quantitative estimate of drug-likeness (QED) is 0.758. The van der Waals surface area contributed by atoms with Crippen LogP contribution >= 0.6 is 0 Å². The number of Topliss-reactive ketones (excluding diaryl/α,β-unsaturated/α-hetero) is 1. The molecule has 0 bridgehead atoms. The molecule has 0 saturated carbocycles. The Morgan fingerprint density at radius 1 is 1.22 bits per heavy atom. The number of benzene rings is 1. The van der Waals surface area contributed by atoms with Crippen LogP contribution < -0.4 is 10.6 Å². The van der Waals surface area contributed by atoms with Gasteiger partial charge in [0.1, 0.15) is 0 Å². The topological polar surface area (TPSA) is 58.2 Å². The van der Waals surface area contributed by atoms with Gasteiger partial charge in [0.05, 0.1) is 5.92 Å². The fourth-order valence-electron chi connectivity index (χ4n) is 1.70. The van der Waals surface area contributed by atoms with Gasteiger partial charge in [-0.2, -0.15) is 0 Å². The van der Waals surface area contributed by atoms with E-state index in [9.17, 15) is 9.59 Å². The van der Waals surface area contributed by atoms with Crippen LogP contribution in [0.2, 0.25) is 0 Å². The van der Waals surface area contributed by atoms with Crippen molar-refractivity contribution >= 4 is 17.4 Å². The second kappa shape index (κ2) is 6.91. The predicted molar refractivity (Wildman–Crippen MR) is 72.8 cm³/mol. The minimum absolute atomic E-state index is 0.00225. The van der Waals surface area contributed by atoms with Crippen LogP contribution in [0.1, 0.15) is 30.6 Å². The molecule has 1 aromatic rings. The van der Waals surface area contributed by atoms with Crippen molar-refractivity contribution in [3.8, 4) is 0 Å². The second-order valence-corrected chi connectivity index (χ2v) is 4.29. The molecule has 0 aliphatic carbocycles. The Morgan fingerprint density at radius 2 is 1.83 bits per heavy atom. The summed E-state index contributed by atoms with van der Waals surface area (Å²) in [7, 11) is 1.83. The molecule has 1 rings (SSSR count). The molecule has 0 radical (unpaired) electrons. The van der Waals surface area contributed by atoms with Crippen molar-refractivity contribution < 1.29 is 9.59 Å². The molecule has 1 atom stereocenters. The van der Waals surface area contributed by atoms with Gasteiger partial charge in [0.15, 0.2) is 5.78 Å². The van der Waals surface area contributed by atoms with Crippen LogP contribution in [0.25, 0.3) is 0 Å². The summed E-state index contributed by atoms with van der Waals surface area (Å²) in [5, 5.41) is 5.86. The molecule has 1 amide bonds. The summed E-state index contributed by atoms with van der Waals surface area (Å²) >= 11 is 0. The van der Waals surface area contributed by atoms with Gasteiger partial charge >= 0.3 is 0 Å². The monoisotopic (exact) mass is 248 g/mol. The number of carbonyl (C=O) groups is 2. The Balaban J connectivity index is 2.66. The van der Waals surface area contributed by atoms with Crippen molar-refractivity contribution in [1.82, 2.24) is 5.32 Å². The van der Waals surface area contributed by atoms with E-state index in [0.29, 0.717) is 12.1 Å². The molecule has 0 heterocycles. The molecule has 1 aromatic carbocycles. The Hall–Kier alpha value is -1.68. The summed E-state index contributed by atoms with van der Waals surface area (Å²) in [6, 6.07) is 6.94. The van der Waals surface area contributed by atoms with Gasteiger partial charge in [-0.15, -0.1) is 0 Å². The molecular weight excluding hydrogens is 228 g/mol. The highest BCUT2D eigenvalue weighted by molar-refractivity contribution is 5.96. The van der Waals surface area contributed by atoms with Crippen LogP contribution in [0.3, 0.4) is 0 Å². The third-order valence-electron chi connectivity index (χ3n) is 2.87. The molecule has 2 N–H and O–H groups in total. The van der Waals surface area contributed by atoms with Crippen LogP contribution in [0.5, 0.6) is 0 Å². The Kier molecular flexibility index (Phi) is 5.52. The zero-order chi connectivity index (χ0) is 13.5. The van der Waals surface area contributed by atoms with E-state index >= 15 is 0 Å². The molecule has 0 spiro atoms.